The van der Waals surface area contributed by atoms with Gasteiger partial charge < -0.3 is 10.5 Å². The molecule has 5 rings (SSSR count). The number of hydrogen-bond donors (Lipinski definition) is 2. The van der Waals surface area contributed by atoms with Crippen LogP contribution in [0.25, 0.3) is 28.0 Å². The highest BCUT2D eigenvalue weighted by atomic mass is 16.5. The molecule has 0 spiro atoms. The molecule has 0 aliphatic carbocycles. The Morgan fingerprint density at radius 1 is 1.16 bits per heavy atom. The topological polar surface area (TPSA) is 103 Å². The van der Waals surface area contributed by atoms with Gasteiger partial charge >= 0.3 is 11.6 Å². The zero-order chi connectivity index (χ0) is 21.5. The van der Waals surface area contributed by atoms with Crippen LogP contribution in [0.4, 0.5) is 5.95 Å². The highest BCUT2D eigenvalue weighted by molar-refractivity contribution is 5.88. The molecule has 158 valence electrons. The summed E-state index contributed by atoms with van der Waals surface area (Å²) in [6, 6.07) is 13.9. The van der Waals surface area contributed by atoms with Crippen molar-refractivity contribution in [3.05, 3.63) is 64.3 Å². The Bertz CT molecular complexity index is 1300. The van der Waals surface area contributed by atoms with Crippen molar-refractivity contribution >= 4 is 11.6 Å². The molecule has 0 radical (unpaired) electrons. The van der Waals surface area contributed by atoms with Crippen LogP contribution in [0.15, 0.2) is 47.3 Å². The number of aryl methyl sites for hydroxylation is 2. The fourth-order valence-electron chi connectivity index (χ4n) is 4.33. The Hall–Kier alpha value is -3.52. The van der Waals surface area contributed by atoms with Gasteiger partial charge in [0.25, 0.3) is 0 Å². The van der Waals surface area contributed by atoms with Gasteiger partial charge in [0.15, 0.2) is 0 Å². The van der Waals surface area contributed by atoms with E-state index in [1.807, 2.05) is 56.3 Å². The molecule has 0 amide bonds. The first kappa shape index (κ1) is 19.4. The van der Waals surface area contributed by atoms with E-state index in [0.29, 0.717) is 17.9 Å². The van der Waals surface area contributed by atoms with Gasteiger partial charge in [0.05, 0.1) is 11.7 Å². The van der Waals surface area contributed by atoms with E-state index in [-0.39, 0.29) is 17.7 Å². The second-order valence-electron chi connectivity index (χ2n) is 8.02. The summed E-state index contributed by atoms with van der Waals surface area (Å²) in [5.74, 6) is 0.146. The predicted octanol–water partition coefficient (Wildman–Crippen LogP) is 2.42. The molecule has 0 bridgehead atoms. The highest BCUT2D eigenvalue weighted by Gasteiger charge is 2.27. The molecular formula is C23H25N6O2+. The molecule has 8 heteroatoms. The van der Waals surface area contributed by atoms with E-state index in [1.54, 1.807) is 4.68 Å². The number of nitrogens with one attached hydrogen (secondary N) is 1. The Balaban J connectivity index is 1.81. The molecule has 0 saturated carbocycles. The number of benzene rings is 1. The van der Waals surface area contributed by atoms with E-state index in [1.165, 1.54) is 4.40 Å². The molecule has 31 heavy (non-hydrogen) atoms. The maximum absolute atomic E-state index is 13.2. The highest BCUT2D eigenvalue weighted by Crippen LogP contribution is 2.33. The van der Waals surface area contributed by atoms with Crippen molar-refractivity contribution < 1.29 is 9.14 Å². The van der Waals surface area contributed by atoms with Crippen molar-refractivity contribution in [2.24, 2.45) is 0 Å². The molecule has 3 aromatic heterocycles. The van der Waals surface area contributed by atoms with Crippen LogP contribution >= 0.6 is 0 Å². The molecule has 8 nitrogen and oxygen atoms in total. The maximum Gasteiger partial charge on any atom is 0.428 e. The van der Waals surface area contributed by atoms with Crippen LogP contribution in [0.2, 0.25) is 0 Å². The molecule has 4 heterocycles. The van der Waals surface area contributed by atoms with E-state index in [2.05, 4.69) is 15.1 Å². The molecule has 1 saturated heterocycles. The van der Waals surface area contributed by atoms with Gasteiger partial charge in [0.1, 0.15) is 12.2 Å². The van der Waals surface area contributed by atoms with Crippen LogP contribution in [0.3, 0.4) is 0 Å². The predicted molar refractivity (Wildman–Crippen MR) is 118 cm³/mol. The van der Waals surface area contributed by atoms with E-state index in [0.717, 1.165) is 47.5 Å². The van der Waals surface area contributed by atoms with Crippen LogP contribution in [0, 0.1) is 13.8 Å². The minimum Gasteiger partial charge on any atom is -0.375 e. The molecule has 1 aliphatic heterocycles. The third kappa shape index (κ3) is 3.48. The summed E-state index contributed by atoms with van der Waals surface area (Å²) < 4.78 is 8.75. The van der Waals surface area contributed by atoms with Crippen LogP contribution < -0.4 is 15.8 Å². The lowest BCUT2D eigenvalue weighted by atomic mass is 9.99. The fraction of sp³-hybridized carbons (Fsp3) is 0.304. The second-order valence-corrected chi connectivity index (χ2v) is 8.02. The largest absolute Gasteiger partial charge is 0.428 e. The van der Waals surface area contributed by atoms with Crippen molar-refractivity contribution in [1.82, 2.24) is 19.7 Å². The monoisotopic (exact) mass is 417 g/mol. The van der Waals surface area contributed by atoms with Gasteiger partial charge in [0, 0.05) is 23.6 Å². The van der Waals surface area contributed by atoms with Gasteiger partial charge in [-0.25, -0.2) is 9.89 Å². The second kappa shape index (κ2) is 7.63. The lowest BCUT2D eigenvalue weighted by Crippen LogP contribution is -2.45. The number of nitrogens with two attached hydrogens (primary N) is 1. The first-order valence-electron chi connectivity index (χ1n) is 10.5. The minimum atomic E-state index is -0.251. The summed E-state index contributed by atoms with van der Waals surface area (Å²) in [5.41, 5.74) is 11.8. The van der Waals surface area contributed by atoms with E-state index < -0.39 is 0 Å². The average molecular weight is 417 g/mol. The smallest absolute Gasteiger partial charge is 0.375 e. The van der Waals surface area contributed by atoms with Gasteiger partial charge in [-0.1, -0.05) is 30.3 Å². The Morgan fingerprint density at radius 2 is 1.90 bits per heavy atom. The SMILES string of the molecule is Cc1cc(-c2c(-c3ccccc3)nc(N)[n+]3c(=O)n(C[C@@H]4CCCO4)[nH]c23)cc(C)n1. The number of rotatable bonds is 4. The number of aromatic nitrogens is 5. The third-order valence-electron chi connectivity index (χ3n) is 5.64. The summed E-state index contributed by atoms with van der Waals surface area (Å²) in [4.78, 5) is 22.4. The zero-order valence-corrected chi connectivity index (χ0v) is 17.6. The normalized spacial score (nSPS) is 16.3. The summed E-state index contributed by atoms with van der Waals surface area (Å²) in [5, 5.41) is 3.29. The molecule has 0 unspecified atom stereocenters. The number of anilines is 1. The Labute approximate surface area is 179 Å². The van der Waals surface area contributed by atoms with Gasteiger partial charge in [-0.15, -0.1) is 9.38 Å². The van der Waals surface area contributed by atoms with Crippen molar-refractivity contribution in [2.75, 3.05) is 12.3 Å². The standard InChI is InChI=1S/C23H24N6O2/c1-14-11-17(12-15(2)25-14)19-20(16-7-4-3-5-8-16)26-22(24)29-21(19)27-28(23(29)30)13-18-9-6-10-31-18/h3-5,7-8,11-12,18H,6,9-10,13H2,1-2H3,(H2,24,25,26,27)/p+1/t18-/m0/s1. The van der Waals surface area contributed by atoms with Crippen LogP contribution in [0.5, 0.6) is 0 Å². The summed E-state index contributed by atoms with van der Waals surface area (Å²) in [6.45, 7) is 5.10. The fourth-order valence-corrected chi connectivity index (χ4v) is 4.33. The molecule has 4 aromatic rings. The molecule has 1 aliphatic rings. The molecule has 3 N–H and O–H groups in total. The number of nitrogen functional groups attached to an aromatic ring is 1. The molecule has 1 fully saturated rings. The number of aromatic amines is 1. The van der Waals surface area contributed by atoms with Crippen LogP contribution in [-0.2, 0) is 11.3 Å². The van der Waals surface area contributed by atoms with Crippen molar-refractivity contribution in [1.29, 1.82) is 0 Å². The lowest BCUT2D eigenvalue weighted by molar-refractivity contribution is -0.516. The van der Waals surface area contributed by atoms with Crippen molar-refractivity contribution in [2.45, 2.75) is 39.3 Å². The number of ether oxygens (including phenoxy) is 1. The number of fused-ring (bicyclic) bond motifs is 1. The Kier molecular flexibility index (Phi) is 4.78. The zero-order valence-electron chi connectivity index (χ0n) is 17.6. The number of nitrogens with zero attached hydrogens (tertiary/aromatic N) is 4. The third-order valence-corrected chi connectivity index (χ3v) is 5.64. The van der Waals surface area contributed by atoms with Crippen LogP contribution in [0.1, 0.15) is 24.2 Å². The summed E-state index contributed by atoms with van der Waals surface area (Å²) in [7, 11) is 0. The average Bonchev–Trinajstić information content (AvgIpc) is 3.36. The molecular weight excluding hydrogens is 392 g/mol. The number of hydrogen-bond acceptors (Lipinski definition) is 5. The lowest BCUT2D eigenvalue weighted by Gasteiger charge is -2.10. The first-order chi connectivity index (χ1) is 15.0. The van der Waals surface area contributed by atoms with Gasteiger partial charge in [-0.3, -0.25) is 4.98 Å². The maximum atomic E-state index is 13.2. The van der Waals surface area contributed by atoms with E-state index in [4.69, 9.17) is 10.5 Å². The minimum absolute atomic E-state index is 0.0167. The molecule has 1 atom stereocenters. The van der Waals surface area contributed by atoms with Crippen molar-refractivity contribution in [3.63, 3.8) is 0 Å². The first-order valence-corrected chi connectivity index (χ1v) is 10.5. The summed E-state index contributed by atoms with van der Waals surface area (Å²) in [6.07, 6.45) is 1.96. The number of H-pyrrole nitrogens is 1. The quantitative estimate of drug-likeness (QED) is 0.497. The van der Waals surface area contributed by atoms with Gasteiger partial charge in [-0.2, -0.15) is 4.68 Å². The van der Waals surface area contributed by atoms with E-state index >= 15 is 0 Å². The van der Waals surface area contributed by atoms with Gasteiger partial charge in [0.2, 0.25) is 5.65 Å². The van der Waals surface area contributed by atoms with Crippen molar-refractivity contribution in [3.8, 4) is 22.4 Å². The summed E-state index contributed by atoms with van der Waals surface area (Å²) >= 11 is 0. The van der Waals surface area contributed by atoms with Crippen LogP contribution in [-0.4, -0.2) is 32.5 Å². The van der Waals surface area contributed by atoms with Gasteiger partial charge in [-0.05, 0) is 44.4 Å². The Morgan fingerprint density at radius 3 is 2.58 bits per heavy atom. The van der Waals surface area contributed by atoms with E-state index in [9.17, 15) is 4.79 Å². The molecule has 1 aromatic carbocycles. The number of pyridine rings is 1.